The topological polar surface area (TPSA) is 47.6 Å². The number of ether oxygens (including phenoxy) is 2. The van der Waals surface area contributed by atoms with Gasteiger partial charge in [-0.05, 0) is 20.3 Å². The lowest BCUT2D eigenvalue weighted by molar-refractivity contribution is -0.144. The number of carbonyl (C=O) groups excluding carboxylic acids is 1. The highest BCUT2D eigenvalue weighted by molar-refractivity contribution is 5.79. The van der Waals surface area contributed by atoms with Crippen LogP contribution in [0.2, 0.25) is 0 Å². The fraction of sp³-hybridized carbons (Fsp3) is 0.562. The van der Waals surface area contributed by atoms with Gasteiger partial charge in [0.2, 0.25) is 0 Å². The lowest BCUT2D eigenvalue weighted by Crippen LogP contribution is -2.43. The van der Waals surface area contributed by atoms with Crippen LogP contribution in [0.25, 0.3) is 0 Å². The van der Waals surface area contributed by atoms with E-state index in [1.807, 2.05) is 25.2 Å². The summed E-state index contributed by atoms with van der Waals surface area (Å²) in [6, 6.07) is -0.565. The standard InChI is InChI=1S/C16H27NO3/c1-6-8-10-14(11-9-12-19-5)17-15(13(3)4)16(18)20-7-2/h8-11,14-15,17H,3,6-7,12H2,1-2,4-5H3/b10-8?,11-9-. The van der Waals surface area contributed by atoms with Crippen LogP contribution in [-0.2, 0) is 14.3 Å². The van der Waals surface area contributed by atoms with Gasteiger partial charge in [-0.1, -0.05) is 43.4 Å². The van der Waals surface area contributed by atoms with E-state index < -0.39 is 6.04 Å². The summed E-state index contributed by atoms with van der Waals surface area (Å²) in [4.78, 5) is 11.9. The van der Waals surface area contributed by atoms with E-state index in [0.717, 1.165) is 12.0 Å². The summed E-state index contributed by atoms with van der Waals surface area (Å²) >= 11 is 0. The smallest absolute Gasteiger partial charge is 0.327 e. The lowest BCUT2D eigenvalue weighted by Gasteiger charge is -2.21. The minimum atomic E-state index is -0.506. The lowest BCUT2D eigenvalue weighted by atomic mass is 10.1. The monoisotopic (exact) mass is 281 g/mol. The molecule has 0 heterocycles. The molecule has 4 nitrogen and oxygen atoms in total. The van der Waals surface area contributed by atoms with Gasteiger partial charge in [-0.15, -0.1) is 0 Å². The van der Waals surface area contributed by atoms with Gasteiger partial charge in [0.05, 0.1) is 13.2 Å². The van der Waals surface area contributed by atoms with Crippen LogP contribution in [0.15, 0.2) is 36.5 Å². The fourth-order valence-electron chi connectivity index (χ4n) is 1.59. The van der Waals surface area contributed by atoms with E-state index in [-0.39, 0.29) is 12.0 Å². The molecule has 0 radical (unpaired) electrons. The Bertz CT molecular complexity index is 348. The molecule has 0 amide bonds. The molecular weight excluding hydrogens is 254 g/mol. The second-order valence-electron chi connectivity index (χ2n) is 4.44. The number of rotatable bonds is 10. The molecule has 2 unspecified atom stereocenters. The van der Waals surface area contributed by atoms with Crippen LogP contribution in [0.4, 0.5) is 0 Å². The van der Waals surface area contributed by atoms with Crippen molar-refractivity contribution in [2.75, 3.05) is 20.3 Å². The van der Waals surface area contributed by atoms with Crippen LogP contribution >= 0.6 is 0 Å². The molecule has 0 spiro atoms. The molecule has 0 aliphatic carbocycles. The van der Waals surface area contributed by atoms with Gasteiger partial charge in [-0.25, -0.2) is 4.79 Å². The molecule has 0 aliphatic heterocycles. The Morgan fingerprint density at radius 2 is 1.95 bits per heavy atom. The normalized spacial score (nSPS) is 14.6. The summed E-state index contributed by atoms with van der Waals surface area (Å²) in [5.41, 5.74) is 0.735. The zero-order valence-corrected chi connectivity index (χ0v) is 13.0. The highest BCUT2D eigenvalue weighted by Gasteiger charge is 2.21. The molecular formula is C16H27NO3. The zero-order valence-electron chi connectivity index (χ0n) is 13.0. The third-order valence-corrected chi connectivity index (χ3v) is 2.56. The first-order chi connectivity index (χ1) is 9.56. The zero-order chi connectivity index (χ0) is 15.4. The van der Waals surface area contributed by atoms with E-state index in [1.54, 1.807) is 14.0 Å². The average Bonchev–Trinajstić information content (AvgIpc) is 2.41. The molecule has 0 aromatic heterocycles. The van der Waals surface area contributed by atoms with Gasteiger partial charge in [0.1, 0.15) is 6.04 Å². The second kappa shape index (κ2) is 11.4. The predicted molar refractivity (Wildman–Crippen MR) is 82.6 cm³/mol. The summed E-state index contributed by atoms with van der Waals surface area (Å²) < 4.78 is 10.0. The van der Waals surface area contributed by atoms with Crippen LogP contribution in [0.1, 0.15) is 27.2 Å². The largest absolute Gasteiger partial charge is 0.465 e. The van der Waals surface area contributed by atoms with Crippen molar-refractivity contribution in [3.05, 3.63) is 36.5 Å². The fourth-order valence-corrected chi connectivity index (χ4v) is 1.59. The number of carbonyl (C=O) groups is 1. The number of hydrogen-bond donors (Lipinski definition) is 1. The van der Waals surface area contributed by atoms with Crippen molar-refractivity contribution in [2.45, 2.75) is 39.3 Å². The third-order valence-electron chi connectivity index (χ3n) is 2.56. The molecule has 4 heteroatoms. The first kappa shape index (κ1) is 18.6. The van der Waals surface area contributed by atoms with Crippen molar-refractivity contribution in [1.82, 2.24) is 5.32 Å². The van der Waals surface area contributed by atoms with E-state index >= 15 is 0 Å². The molecule has 0 aliphatic rings. The number of esters is 1. The molecule has 0 saturated heterocycles. The number of allylic oxidation sites excluding steroid dienone is 1. The Morgan fingerprint density at radius 3 is 2.45 bits per heavy atom. The van der Waals surface area contributed by atoms with Crippen LogP contribution in [0, 0.1) is 0 Å². The van der Waals surface area contributed by atoms with Crippen LogP contribution in [0.5, 0.6) is 0 Å². The molecule has 0 bridgehead atoms. The van der Waals surface area contributed by atoms with Crippen molar-refractivity contribution in [3.63, 3.8) is 0 Å². The Kier molecular flexibility index (Phi) is 10.6. The van der Waals surface area contributed by atoms with Crippen molar-refractivity contribution in [3.8, 4) is 0 Å². The van der Waals surface area contributed by atoms with Gasteiger partial charge >= 0.3 is 5.97 Å². The van der Waals surface area contributed by atoms with Crippen molar-refractivity contribution < 1.29 is 14.3 Å². The van der Waals surface area contributed by atoms with Crippen molar-refractivity contribution in [1.29, 1.82) is 0 Å². The minimum absolute atomic E-state index is 0.0591. The molecule has 0 aromatic rings. The quantitative estimate of drug-likeness (QED) is 0.494. The summed E-state index contributed by atoms with van der Waals surface area (Å²) in [5.74, 6) is -0.296. The average molecular weight is 281 g/mol. The Morgan fingerprint density at radius 1 is 1.30 bits per heavy atom. The molecule has 0 rings (SSSR count). The van der Waals surface area contributed by atoms with Gasteiger partial charge in [-0.3, -0.25) is 5.32 Å². The summed E-state index contributed by atoms with van der Waals surface area (Å²) in [7, 11) is 1.64. The highest BCUT2D eigenvalue weighted by atomic mass is 16.5. The Balaban J connectivity index is 4.83. The predicted octanol–water partition coefficient (Wildman–Crippen LogP) is 2.62. The first-order valence-corrected chi connectivity index (χ1v) is 6.97. The van der Waals surface area contributed by atoms with Crippen molar-refractivity contribution in [2.24, 2.45) is 0 Å². The van der Waals surface area contributed by atoms with E-state index in [9.17, 15) is 4.79 Å². The third kappa shape index (κ3) is 7.92. The molecule has 0 aromatic carbocycles. The molecule has 20 heavy (non-hydrogen) atoms. The van der Waals surface area contributed by atoms with Gasteiger partial charge in [0.25, 0.3) is 0 Å². The molecule has 0 saturated carbocycles. The molecule has 0 fully saturated rings. The van der Waals surface area contributed by atoms with Crippen LogP contribution in [0.3, 0.4) is 0 Å². The van der Waals surface area contributed by atoms with Gasteiger partial charge < -0.3 is 9.47 Å². The van der Waals surface area contributed by atoms with E-state index in [2.05, 4.69) is 24.9 Å². The van der Waals surface area contributed by atoms with E-state index in [4.69, 9.17) is 9.47 Å². The van der Waals surface area contributed by atoms with Gasteiger partial charge in [0.15, 0.2) is 0 Å². The highest BCUT2D eigenvalue weighted by Crippen LogP contribution is 2.05. The maximum Gasteiger partial charge on any atom is 0.327 e. The minimum Gasteiger partial charge on any atom is -0.465 e. The van der Waals surface area contributed by atoms with E-state index in [1.165, 1.54) is 0 Å². The molecule has 1 N–H and O–H groups in total. The maximum atomic E-state index is 11.9. The SMILES string of the molecule is C=C(C)C(NC(C=CCC)/C=C\COC)C(=O)OCC. The summed E-state index contributed by atoms with van der Waals surface area (Å²) in [5, 5.41) is 3.23. The van der Waals surface area contributed by atoms with Gasteiger partial charge in [0, 0.05) is 13.2 Å². The van der Waals surface area contributed by atoms with Gasteiger partial charge in [-0.2, -0.15) is 0 Å². The Labute approximate surface area is 122 Å². The van der Waals surface area contributed by atoms with Crippen LogP contribution < -0.4 is 5.32 Å². The molecule has 2 atom stereocenters. The Hall–Kier alpha value is -1.39. The second-order valence-corrected chi connectivity index (χ2v) is 4.44. The first-order valence-electron chi connectivity index (χ1n) is 6.97. The van der Waals surface area contributed by atoms with E-state index in [0.29, 0.717) is 13.2 Å². The summed E-state index contributed by atoms with van der Waals surface area (Å²) in [6.07, 6.45) is 8.88. The number of hydrogen-bond acceptors (Lipinski definition) is 4. The van der Waals surface area contributed by atoms with Crippen molar-refractivity contribution >= 4 is 5.97 Å². The summed E-state index contributed by atoms with van der Waals surface area (Å²) in [6.45, 7) is 10.4. The molecule has 114 valence electrons. The maximum absolute atomic E-state index is 11.9. The van der Waals surface area contributed by atoms with Crippen LogP contribution in [-0.4, -0.2) is 38.4 Å². The number of methoxy groups -OCH3 is 1. The number of nitrogens with one attached hydrogen (secondary N) is 1.